The minimum absolute atomic E-state index is 0.821. The van der Waals surface area contributed by atoms with Crippen LogP contribution in [0.25, 0.3) is 0 Å². The van der Waals surface area contributed by atoms with Crippen molar-refractivity contribution < 1.29 is 0 Å². The molecule has 0 amide bonds. The first-order chi connectivity index (χ1) is 12.4. The molecule has 2 heterocycles. The van der Waals surface area contributed by atoms with Crippen LogP contribution in [0.15, 0.2) is 73.1 Å². The molecule has 1 fully saturated rings. The van der Waals surface area contributed by atoms with Gasteiger partial charge < -0.3 is 15.1 Å². The highest BCUT2D eigenvalue weighted by molar-refractivity contribution is 5.59. The second kappa shape index (κ2) is 7.21. The minimum atomic E-state index is 0.821. The lowest BCUT2D eigenvalue weighted by Gasteiger charge is -2.36. The third-order valence-corrected chi connectivity index (χ3v) is 4.42. The van der Waals surface area contributed by atoms with Crippen molar-refractivity contribution in [1.82, 2.24) is 9.97 Å². The molecular formula is C20H21N5. The number of nitrogens with zero attached hydrogens (tertiary/aromatic N) is 4. The van der Waals surface area contributed by atoms with E-state index >= 15 is 0 Å². The first kappa shape index (κ1) is 15.4. The Kier molecular flexibility index (Phi) is 4.46. The van der Waals surface area contributed by atoms with Crippen molar-refractivity contribution in [1.29, 1.82) is 0 Å². The zero-order valence-electron chi connectivity index (χ0n) is 14.0. The molecule has 1 aliphatic rings. The Hall–Kier alpha value is -3.08. The van der Waals surface area contributed by atoms with Crippen molar-refractivity contribution in [2.75, 3.05) is 41.3 Å². The van der Waals surface area contributed by atoms with Crippen molar-refractivity contribution in [2.45, 2.75) is 0 Å². The van der Waals surface area contributed by atoms with E-state index in [1.807, 2.05) is 36.4 Å². The molecule has 2 aromatic carbocycles. The lowest BCUT2D eigenvalue weighted by Crippen LogP contribution is -2.46. The summed E-state index contributed by atoms with van der Waals surface area (Å²) in [5, 5.41) is 3.33. The maximum Gasteiger partial charge on any atom is 0.135 e. The van der Waals surface area contributed by atoms with Crippen LogP contribution in [0.3, 0.4) is 0 Å². The molecule has 5 nitrogen and oxygen atoms in total. The van der Waals surface area contributed by atoms with Gasteiger partial charge >= 0.3 is 0 Å². The maximum atomic E-state index is 4.46. The van der Waals surface area contributed by atoms with E-state index in [0.717, 1.165) is 43.5 Å². The highest BCUT2D eigenvalue weighted by atomic mass is 15.3. The molecule has 0 aliphatic carbocycles. The fourth-order valence-corrected chi connectivity index (χ4v) is 3.09. The van der Waals surface area contributed by atoms with Gasteiger partial charge in [-0.2, -0.15) is 0 Å². The number of nitrogens with one attached hydrogen (secondary N) is 1. The van der Waals surface area contributed by atoms with Gasteiger partial charge in [-0.1, -0.05) is 36.4 Å². The lowest BCUT2D eigenvalue weighted by molar-refractivity contribution is 0.647. The van der Waals surface area contributed by atoms with Crippen molar-refractivity contribution in [3.05, 3.63) is 73.1 Å². The van der Waals surface area contributed by atoms with Crippen LogP contribution >= 0.6 is 0 Å². The van der Waals surface area contributed by atoms with Gasteiger partial charge in [-0.3, -0.25) is 0 Å². The van der Waals surface area contributed by atoms with Gasteiger partial charge in [0.25, 0.3) is 0 Å². The fourth-order valence-electron chi connectivity index (χ4n) is 3.09. The van der Waals surface area contributed by atoms with Crippen molar-refractivity contribution in [3.8, 4) is 0 Å². The molecule has 1 saturated heterocycles. The summed E-state index contributed by atoms with van der Waals surface area (Å²) in [4.78, 5) is 13.5. The zero-order chi connectivity index (χ0) is 16.9. The predicted octanol–water partition coefficient (Wildman–Crippen LogP) is 3.55. The third-order valence-electron chi connectivity index (χ3n) is 4.42. The molecule has 0 saturated carbocycles. The standard InChI is InChI=1S/C20H21N5/c1-3-7-17(8-4-1)23-19-15-20(22-16-21-19)25-13-11-24(12-14-25)18-9-5-2-6-10-18/h1-10,15-16H,11-14H2,(H,21,22,23). The molecule has 0 bridgehead atoms. The van der Waals surface area contributed by atoms with Crippen LogP contribution in [-0.4, -0.2) is 36.1 Å². The van der Waals surface area contributed by atoms with Crippen molar-refractivity contribution in [3.63, 3.8) is 0 Å². The van der Waals surface area contributed by atoms with Gasteiger partial charge in [0, 0.05) is 43.6 Å². The summed E-state index contributed by atoms with van der Waals surface area (Å²) in [7, 11) is 0. The van der Waals surface area contributed by atoms with Gasteiger partial charge in [0.05, 0.1) is 0 Å². The smallest absolute Gasteiger partial charge is 0.135 e. The van der Waals surface area contributed by atoms with Crippen molar-refractivity contribution in [2.24, 2.45) is 0 Å². The van der Waals surface area contributed by atoms with Crippen LogP contribution in [0.5, 0.6) is 0 Å². The second-order valence-electron chi connectivity index (χ2n) is 6.06. The van der Waals surface area contributed by atoms with E-state index in [9.17, 15) is 0 Å². The van der Waals surface area contributed by atoms with Gasteiger partial charge in [-0.25, -0.2) is 9.97 Å². The van der Waals surface area contributed by atoms with Gasteiger partial charge in [-0.05, 0) is 24.3 Å². The molecule has 0 unspecified atom stereocenters. The summed E-state index contributed by atoms with van der Waals surface area (Å²) in [5.74, 6) is 1.79. The quantitative estimate of drug-likeness (QED) is 0.792. The molecule has 3 aromatic rings. The number of piperazine rings is 1. The highest BCUT2D eigenvalue weighted by Crippen LogP contribution is 2.21. The molecule has 0 atom stereocenters. The van der Waals surface area contributed by atoms with Crippen LogP contribution in [0.2, 0.25) is 0 Å². The first-order valence-corrected chi connectivity index (χ1v) is 8.57. The van der Waals surface area contributed by atoms with E-state index in [-0.39, 0.29) is 0 Å². The topological polar surface area (TPSA) is 44.3 Å². The minimum Gasteiger partial charge on any atom is -0.368 e. The number of benzene rings is 2. The summed E-state index contributed by atoms with van der Waals surface area (Å²) in [5.41, 5.74) is 2.32. The average Bonchev–Trinajstić information content (AvgIpc) is 2.70. The number of anilines is 4. The van der Waals surface area contributed by atoms with Gasteiger partial charge in [-0.15, -0.1) is 0 Å². The molecular weight excluding hydrogens is 310 g/mol. The third kappa shape index (κ3) is 3.71. The van der Waals surface area contributed by atoms with Gasteiger partial charge in [0.1, 0.15) is 18.0 Å². The highest BCUT2D eigenvalue weighted by Gasteiger charge is 2.18. The van der Waals surface area contributed by atoms with Crippen LogP contribution in [0.4, 0.5) is 23.0 Å². The number of hydrogen-bond donors (Lipinski definition) is 1. The van der Waals surface area contributed by atoms with E-state index in [0.29, 0.717) is 0 Å². The van der Waals surface area contributed by atoms with E-state index in [2.05, 4.69) is 55.4 Å². The Labute approximate surface area is 148 Å². The number of aromatic nitrogens is 2. The normalized spacial score (nSPS) is 14.4. The monoisotopic (exact) mass is 331 g/mol. The molecule has 0 radical (unpaired) electrons. The fraction of sp³-hybridized carbons (Fsp3) is 0.200. The molecule has 5 heteroatoms. The summed E-state index contributed by atoms with van der Waals surface area (Å²) in [6.45, 7) is 3.90. The lowest BCUT2D eigenvalue weighted by atomic mass is 10.2. The van der Waals surface area contributed by atoms with E-state index in [4.69, 9.17) is 0 Å². The van der Waals surface area contributed by atoms with Gasteiger partial charge in [0.2, 0.25) is 0 Å². The predicted molar refractivity (Wildman–Crippen MR) is 103 cm³/mol. The Morgan fingerprint density at radius 2 is 1.36 bits per heavy atom. The molecule has 1 N–H and O–H groups in total. The second-order valence-corrected chi connectivity index (χ2v) is 6.06. The Morgan fingerprint density at radius 3 is 2.08 bits per heavy atom. The largest absolute Gasteiger partial charge is 0.368 e. The van der Waals surface area contributed by atoms with Crippen molar-refractivity contribution >= 4 is 23.0 Å². The maximum absolute atomic E-state index is 4.46. The first-order valence-electron chi connectivity index (χ1n) is 8.57. The number of hydrogen-bond acceptors (Lipinski definition) is 5. The molecule has 126 valence electrons. The van der Waals surface area contributed by atoms with E-state index in [1.54, 1.807) is 6.33 Å². The van der Waals surface area contributed by atoms with E-state index in [1.165, 1.54) is 5.69 Å². The van der Waals surface area contributed by atoms with Crippen LogP contribution in [-0.2, 0) is 0 Å². The molecule has 25 heavy (non-hydrogen) atoms. The van der Waals surface area contributed by atoms with Crippen LogP contribution < -0.4 is 15.1 Å². The molecule has 1 aromatic heterocycles. The molecule has 1 aliphatic heterocycles. The Balaban J connectivity index is 1.42. The van der Waals surface area contributed by atoms with E-state index < -0.39 is 0 Å². The van der Waals surface area contributed by atoms with Crippen LogP contribution in [0.1, 0.15) is 0 Å². The molecule has 0 spiro atoms. The summed E-state index contributed by atoms with van der Waals surface area (Å²) in [6.07, 6.45) is 1.63. The average molecular weight is 331 g/mol. The molecule has 4 rings (SSSR count). The van der Waals surface area contributed by atoms with Crippen LogP contribution in [0, 0.1) is 0 Å². The Morgan fingerprint density at radius 1 is 0.720 bits per heavy atom. The number of para-hydroxylation sites is 2. The van der Waals surface area contributed by atoms with Gasteiger partial charge in [0.15, 0.2) is 0 Å². The summed E-state index contributed by atoms with van der Waals surface area (Å²) >= 11 is 0. The Bertz CT molecular complexity index is 799. The number of rotatable bonds is 4. The summed E-state index contributed by atoms with van der Waals surface area (Å²) in [6, 6.07) is 22.7. The SMILES string of the molecule is c1ccc(Nc2cc(N3CCN(c4ccccc4)CC3)ncn2)cc1. The summed E-state index contributed by atoms with van der Waals surface area (Å²) < 4.78 is 0. The zero-order valence-corrected chi connectivity index (χ0v) is 14.0.